The Morgan fingerprint density at radius 2 is 1.88 bits per heavy atom. The first-order valence-corrected chi connectivity index (χ1v) is 8.89. The van der Waals surface area contributed by atoms with Gasteiger partial charge in [-0.3, -0.25) is 4.90 Å². The summed E-state index contributed by atoms with van der Waals surface area (Å²) >= 11 is 0. The van der Waals surface area contributed by atoms with E-state index in [0.717, 1.165) is 32.7 Å². The van der Waals surface area contributed by atoms with E-state index in [-0.39, 0.29) is 0 Å². The summed E-state index contributed by atoms with van der Waals surface area (Å²) in [7, 11) is 0. The smallest absolute Gasteiger partial charge is 0.0945 e. The molecule has 3 aromatic rings. The molecule has 1 fully saturated rings. The minimum Gasteiger partial charge on any atom is -0.368 e. The minimum atomic E-state index is 1.08. The lowest BCUT2D eigenvalue weighted by Gasteiger charge is -2.36. The SMILES string of the molecule is c1cc(N2CCN(CCCCn3ccnc3)CC2)c2cc[nH]c2c1. The van der Waals surface area contributed by atoms with Gasteiger partial charge in [0.05, 0.1) is 6.33 Å². The molecule has 1 aliphatic heterocycles. The van der Waals surface area contributed by atoms with Crippen LogP contribution < -0.4 is 4.90 Å². The highest BCUT2D eigenvalue weighted by molar-refractivity contribution is 5.92. The highest BCUT2D eigenvalue weighted by atomic mass is 15.3. The predicted molar refractivity (Wildman–Crippen MR) is 98.4 cm³/mol. The number of aryl methyl sites for hydroxylation is 1. The Bertz CT molecular complexity index is 753. The van der Waals surface area contributed by atoms with Crippen LogP contribution in [0.15, 0.2) is 49.2 Å². The molecule has 0 atom stereocenters. The zero-order chi connectivity index (χ0) is 16.2. The first-order valence-electron chi connectivity index (χ1n) is 8.89. The number of hydrogen-bond acceptors (Lipinski definition) is 3. The van der Waals surface area contributed by atoms with Crippen LogP contribution in [-0.4, -0.2) is 52.2 Å². The summed E-state index contributed by atoms with van der Waals surface area (Å²) in [5.74, 6) is 0. The molecule has 1 N–H and O–H groups in total. The molecule has 0 amide bonds. The molecule has 0 bridgehead atoms. The van der Waals surface area contributed by atoms with Crippen molar-refractivity contribution in [2.75, 3.05) is 37.6 Å². The van der Waals surface area contributed by atoms with Gasteiger partial charge in [0, 0.05) is 67.9 Å². The summed E-state index contributed by atoms with van der Waals surface area (Å²) in [5.41, 5.74) is 2.60. The standard InChI is InChI=1S/C19H25N5/c1(2-10-23-11-8-20-16-23)9-22-12-14-24(15-13-22)19-5-3-4-18-17(19)6-7-21-18/h3-8,11,16,21H,1-2,9-10,12-15H2. The number of imidazole rings is 1. The third-order valence-corrected chi connectivity index (χ3v) is 4.98. The number of piperazine rings is 1. The highest BCUT2D eigenvalue weighted by Crippen LogP contribution is 2.26. The normalized spacial score (nSPS) is 16.1. The summed E-state index contributed by atoms with van der Waals surface area (Å²) < 4.78 is 2.16. The summed E-state index contributed by atoms with van der Waals surface area (Å²) in [6, 6.07) is 8.73. The number of nitrogens with one attached hydrogen (secondary N) is 1. The topological polar surface area (TPSA) is 40.1 Å². The van der Waals surface area contributed by atoms with Gasteiger partial charge in [0.25, 0.3) is 0 Å². The van der Waals surface area contributed by atoms with Gasteiger partial charge in [-0.25, -0.2) is 4.98 Å². The number of anilines is 1. The molecule has 5 heteroatoms. The van der Waals surface area contributed by atoms with Crippen LogP contribution in [0.3, 0.4) is 0 Å². The number of benzene rings is 1. The van der Waals surface area contributed by atoms with E-state index in [1.165, 1.54) is 36.0 Å². The third-order valence-electron chi connectivity index (χ3n) is 4.98. The van der Waals surface area contributed by atoms with E-state index in [1.54, 1.807) is 0 Å². The van der Waals surface area contributed by atoms with Gasteiger partial charge in [-0.05, 0) is 37.6 Å². The van der Waals surface area contributed by atoms with Crippen LogP contribution in [0.5, 0.6) is 0 Å². The van der Waals surface area contributed by atoms with Crippen LogP contribution in [0.1, 0.15) is 12.8 Å². The molecular weight excluding hydrogens is 298 g/mol. The van der Waals surface area contributed by atoms with Crippen molar-refractivity contribution < 1.29 is 0 Å². The van der Waals surface area contributed by atoms with E-state index in [4.69, 9.17) is 0 Å². The van der Waals surface area contributed by atoms with Crippen molar-refractivity contribution in [3.8, 4) is 0 Å². The lowest BCUT2D eigenvalue weighted by Crippen LogP contribution is -2.46. The number of nitrogens with zero attached hydrogens (tertiary/aromatic N) is 4. The van der Waals surface area contributed by atoms with Gasteiger partial charge < -0.3 is 14.5 Å². The predicted octanol–water partition coefficient (Wildman–Crippen LogP) is 2.97. The first-order chi connectivity index (χ1) is 11.9. The summed E-state index contributed by atoms with van der Waals surface area (Å²) in [6.07, 6.45) is 10.3. The lowest BCUT2D eigenvalue weighted by atomic mass is 10.1. The Balaban J connectivity index is 1.25. The molecule has 1 aliphatic rings. The van der Waals surface area contributed by atoms with Crippen LogP contribution in [0, 0.1) is 0 Å². The van der Waals surface area contributed by atoms with Crippen molar-refractivity contribution in [2.24, 2.45) is 0 Å². The van der Waals surface area contributed by atoms with Gasteiger partial charge in [0.2, 0.25) is 0 Å². The molecule has 2 aromatic heterocycles. The molecule has 1 aromatic carbocycles. The minimum absolute atomic E-state index is 1.08. The fourth-order valence-corrected chi connectivity index (χ4v) is 3.61. The Kier molecular flexibility index (Phi) is 4.51. The van der Waals surface area contributed by atoms with Crippen molar-refractivity contribution in [3.63, 3.8) is 0 Å². The van der Waals surface area contributed by atoms with E-state index in [9.17, 15) is 0 Å². The van der Waals surface area contributed by atoms with Crippen LogP contribution in [-0.2, 0) is 6.54 Å². The Hall–Kier alpha value is -2.27. The number of unbranched alkanes of at least 4 members (excludes halogenated alkanes) is 1. The van der Waals surface area contributed by atoms with Crippen molar-refractivity contribution in [3.05, 3.63) is 49.2 Å². The molecule has 0 saturated carbocycles. The van der Waals surface area contributed by atoms with E-state index < -0.39 is 0 Å². The number of fused-ring (bicyclic) bond motifs is 1. The summed E-state index contributed by atoms with van der Waals surface area (Å²) in [4.78, 5) is 12.5. The second-order valence-corrected chi connectivity index (χ2v) is 6.55. The van der Waals surface area contributed by atoms with Crippen molar-refractivity contribution in [1.29, 1.82) is 0 Å². The molecule has 0 aliphatic carbocycles. The van der Waals surface area contributed by atoms with Gasteiger partial charge in [0.1, 0.15) is 0 Å². The van der Waals surface area contributed by atoms with Gasteiger partial charge in [-0.2, -0.15) is 0 Å². The number of rotatable bonds is 6. The van der Waals surface area contributed by atoms with E-state index >= 15 is 0 Å². The zero-order valence-corrected chi connectivity index (χ0v) is 14.1. The van der Waals surface area contributed by atoms with Gasteiger partial charge >= 0.3 is 0 Å². The highest BCUT2D eigenvalue weighted by Gasteiger charge is 2.18. The molecule has 0 unspecified atom stereocenters. The Morgan fingerprint density at radius 1 is 1.00 bits per heavy atom. The quantitative estimate of drug-likeness (QED) is 0.709. The molecule has 0 spiro atoms. The van der Waals surface area contributed by atoms with Crippen molar-refractivity contribution in [2.45, 2.75) is 19.4 Å². The number of aromatic nitrogens is 3. The maximum atomic E-state index is 4.09. The molecule has 0 radical (unpaired) electrons. The third kappa shape index (κ3) is 3.31. The van der Waals surface area contributed by atoms with Crippen LogP contribution in [0.2, 0.25) is 0 Å². The molecular formula is C19H25N5. The number of aromatic amines is 1. The molecule has 1 saturated heterocycles. The lowest BCUT2D eigenvalue weighted by molar-refractivity contribution is 0.251. The molecule has 24 heavy (non-hydrogen) atoms. The van der Waals surface area contributed by atoms with E-state index in [2.05, 4.69) is 48.6 Å². The number of H-pyrrole nitrogens is 1. The van der Waals surface area contributed by atoms with Gasteiger partial charge in [-0.1, -0.05) is 6.07 Å². The van der Waals surface area contributed by atoms with E-state index in [0.29, 0.717) is 0 Å². The van der Waals surface area contributed by atoms with E-state index in [1.807, 2.05) is 24.9 Å². The fraction of sp³-hybridized carbons (Fsp3) is 0.421. The van der Waals surface area contributed by atoms with Crippen molar-refractivity contribution in [1.82, 2.24) is 19.4 Å². The average Bonchev–Trinajstić information content (AvgIpc) is 3.30. The maximum Gasteiger partial charge on any atom is 0.0945 e. The molecule has 4 rings (SSSR count). The first kappa shape index (κ1) is 15.3. The largest absolute Gasteiger partial charge is 0.368 e. The molecule has 5 nitrogen and oxygen atoms in total. The van der Waals surface area contributed by atoms with Crippen LogP contribution in [0.4, 0.5) is 5.69 Å². The second-order valence-electron chi connectivity index (χ2n) is 6.55. The Labute approximate surface area is 142 Å². The number of hydrogen-bond donors (Lipinski definition) is 1. The molecule has 126 valence electrons. The van der Waals surface area contributed by atoms with Crippen LogP contribution >= 0.6 is 0 Å². The zero-order valence-electron chi connectivity index (χ0n) is 14.1. The van der Waals surface area contributed by atoms with Gasteiger partial charge in [0.15, 0.2) is 0 Å². The molecule has 3 heterocycles. The average molecular weight is 323 g/mol. The monoisotopic (exact) mass is 323 g/mol. The summed E-state index contributed by atoms with van der Waals surface area (Å²) in [5, 5.41) is 1.34. The summed E-state index contributed by atoms with van der Waals surface area (Å²) in [6.45, 7) is 6.84. The maximum absolute atomic E-state index is 4.09. The van der Waals surface area contributed by atoms with Crippen molar-refractivity contribution >= 4 is 16.6 Å². The van der Waals surface area contributed by atoms with Crippen LogP contribution in [0.25, 0.3) is 10.9 Å². The second kappa shape index (κ2) is 7.09. The fourth-order valence-electron chi connectivity index (χ4n) is 3.61. The van der Waals surface area contributed by atoms with Gasteiger partial charge in [-0.15, -0.1) is 0 Å². The Morgan fingerprint density at radius 3 is 2.71 bits per heavy atom.